The van der Waals surface area contributed by atoms with E-state index < -0.39 is 0 Å². The Balaban J connectivity index is 1.73. The Morgan fingerprint density at radius 1 is 1.05 bits per heavy atom. The molecule has 21 heavy (non-hydrogen) atoms. The number of hydrogen-bond acceptors (Lipinski definition) is 4. The molecule has 4 nitrogen and oxygen atoms in total. The van der Waals surface area contributed by atoms with Crippen molar-refractivity contribution in [2.45, 2.75) is 0 Å². The van der Waals surface area contributed by atoms with Crippen LogP contribution in [0.1, 0.15) is 10.4 Å². The highest BCUT2D eigenvalue weighted by molar-refractivity contribution is 7.09. The summed E-state index contributed by atoms with van der Waals surface area (Å²) < 4.78 is 16.6. The Hall–Kier alpha value is -2.60. The first-order valence-electron chi connectivity index (χ1n) is 6.17. The molecule has 1 aromatic heterocycles. The van der Waals surface area contributed by atoms with Crippen molar-refractivity contribution in [3.63, 3.8) is 0 Å². The molecular weight excluding hydrogens is 289 g/mol. The second-order valence-corrected chi connectivity index (χ2v) is 5.11. The van der Waals surface area contributed by atoms with Gasteiger partial charge in [0.2, 0.25) is 0 Å². The van der Waals surface area contributed by atoms with Crippen LogP contribution in [0.4, 0.5) is 10.1 Å². The summed E-state index contributed by atoms with van der Waals surface area (Å²) in [6, 6.07) is 12.8. The van der Waals surface area contributed by atoms with Crippen molar-refractivity contribution in [1.29, 1.82) is 0 Å². The van der Waals surface area contributed by atoms with Crippen molar-refractivity contribution < 1.29 is 9.18 Å². The van der Waals surface area contributed by atoms with Crippen molar-refractivity contribution in [2.24, 2.45) is 0 Å². The quantitative estimate of drug-likeness (QED) is 0.804. The largest absolute Gasteiger partial charge is 0.322 e. The van der Waals surface area contributed by atoms with E-state index in [1.165, 1.54) is 35.8 Å². The molecule has 0 saturated carbocycles. The first-order chi connectivity index (χ1) is 10.2. The summed E-state index contributed by atoms with van der Waals surface area (Å²) in [7, 11) is 0. The number of carbonyl (C=O) groups excluding carboxylic acids is 1. The van der Waals surface area contributed by atoms with Crippen LogP contribution in [0.5, 0.6) is 0 Å². The first kappa shape index (κ1) is 13.4. The van der Waals surface area contributed by atoms with Crippen LogP contribution >= 0.6 is 11.5 Å². The molecule has 1 N–H and O–H groups in total. The lowest BCUT2D eigenvalue weighted by Crippen LogP contribution is -2.11. The van der Waals surface area contributed by atoms with Crippen molar-refractivity contribution in [3.8, 4) is 10.4 Å². The number of rotatable bonds is 3. The van der Waals surface area contributed by atoms with Gasteiger partial charge in [0, 0.05) is 11.3 Å². The fourth-order valence-electron chi connectivity index (χ4n) is 1.82. The standard InChI is InChI=1S/C15H10FN3OS/c16-12-5-1-11(2-6-12)15(20)18-13-7-3-10(4-8-13)14-9-17-19-21-14/h1-9H,(H,18,20). The lowest BCUT2D eigenvalue weighted by molar-refractivity contribution is 0.102. The number of hydrogen-bond donors (Lipinski definition) is 1. The Bertz CT molecular complexity index is 740. The average molecular weight is 299 g/mol. The van der Waals surface area contributed by atoms with E-state index in [0.29, 0.717) is 11.3 Å². The molecule has 1 amide bonds. The summed E-state index contributed by atoms with van der Waals surface area (Å²) in [5.74, 6) is -0.642. The predicted molar refractivity (Wildman–Crippen MR) is 79.7 cm³/mol. The summed E-state index contributed by atoms with van der Waals surface area (Å²) >= 11 is 1.31. The zero-order chi connectivity index (χ0) is 14.7. The summed E-state index contributed by atoms with van der Waals surface area (Å²) in [4.78, 5) is 13.0. The molecule has 0 aliphatic rings. The van der Waals surface area contributed by atoms with E-state index in [-0.39, 0.29) is 11.7 Å². The van der Waals surface area contributed by atoms with Crippen molar-refractivity contribution in [3.05, 3.63) is 66.1 Å². The van der Waals surface area contributed by atoms with E-state index in [9.17, 15) is 9.18 Å². The predicted octanol–water partition coefficient (Wildman–Crippen LogP) is 3.60. The third-order valence-electron chi connectivity index (χ3n) is 2.89. The van der Waals surface area contributed by atoms with Crippen molar-refractivity contribution >= 4 is 23.1 Å². The van der Waals surface area contributed by atoms with Gasteiger partial charge in [-0.2, -0.15) is 0 Å². The summed E-state index contributed by atoms with van der Waals surface area (Å²) in [5, 5.41) is 6.55. The topological polar surface area (TPSA) is 54.9 Å². The molecule has 0 atom stereocenters. The van der Waals surface area contributed by atoms with E-state index >= 15 is 0 Å². The van der Waals surface area contributed by atoms with Crippen LogP contribution in [0.25, 0.3) is 10.4 Å². The van der Waals surface area contributed by atoms with Crippen LogP contribution in [0.2, 0.25) is 0 Å². The van der Waals surface area contributed by atoms with Gasteiger partial charge in [0.15, 0.2) is 0 Å². The summed E-state index contributed by atoms with van der Waals surface area (Å²) in [6.07, 6.45) is 1.69. The second-order valence-electron chi connectivity index (χ2n) is 4.32. The minimum atomic E-state index is -0.367. The van der Waals surface area contributed by atoms with Gasteiger partial charge in [-0.15, -0.1) is 5.10 Å². The minimum Gasteiger partial charge on any atom is -0.322 e. The molecule has 0 saturated heterocycles. The zero-order valence-electron chi connectivity index (χ0n) is 10.8. The number of anilines is 1. The summed E-state index contributed by atoms with van der Waals surface area (Å²) in [6.45, 7) is 0. The molecule has 0 radical (unpaired) electrons. The fraction of sp³-hybridized carbons (Fsp3) is 0. The SMILES string of the molecule is O=C(Nc1ccc(-c2cnns2)cc1)c1ccc(F)cc1. The molecule has 0 aliphatic carbocycles. The van der Waals surface area contributed by atoms with Gasteiger partial charge >= 0.3 is 0 Å². The Labute approximate surface area is 124 Å². The molecule has 0 fully saturated rings. The molecule has 104 valence electrons. The van der Waals surface area contributed by atoms with E-state index in [1.54, 1.807) is 18.3 Å². The highest BCUT2D eigenvalue weighted by atomic mass is 32.1. The highest BCUT2D eigenvalue weighted by Crippen LogP contribution is 2.23. The van der Waals surface area contributed by atoms with Gasteiger partial charge < -0.3 is 5.32 Å². The second kappa shape index (κ2) is 5.80. The van der Waals surface area contributed by atoms with Crippen LogP contribution < -0.4 is 5.32 Å². The smallest absolute Gasteiger partial charge is 0.255 e. The van der Waals surface area contributed by atoms with E-state index in [4.69, 9.17) is 0 Å². The molecule has 2 aromatic carbocycles. The number of carbonyl (C=O) groups is 1. The maximum atomic E-state index is 12.8. The Kier molecular flexibility index (Phi) is 3.70. The molecule has 1 heterocycles. The highest BCUT2D eigenvalue weighted by Gasteiger charge is 2.06. The van der Waals surface area contributed by atoms with E-state index in [0.717, 1.165) is 10.4 Å². The Morgan fingerprint density at radius 3 is 2.38 bits per heavy atom. The van der Waals surface area contributed by atoms with Gasteiger partial charge in [0.1, 0.15) is 5.82 Å². The fourth-order valence-corrected chi connectivity index (χ4v) is 2.33. The molecule has 6 heteroatoms. The first-order valence-corrected chi connectivity index (χ1v) is 6.94. The van der Waals surface area contributed by atoms with Crippen LogP contribution in [-0.2, 0) is 0 Å². The van der Waals surface area contributed by atoms with E-state index in [1.807, 2.05) is 12.1 Å². The molecule has 0 bridgehead atoms. The van der Waals surface area contributed by atoms with Crippen LogP contribution in [0.3, 0.4) is 0 Å². The van der Waals surface area contributed by atoms with Crippen molar-refractivity contribution in [2.75, 3.05) is 5.32 Å². The minimum absolute atomic E-state index is 0.276. The summed E-state index contributed by atoms with van der Waals surface area (Å²) in [5.41, 5.74) is 2.07. The maximum Gasteiger partial charge on any atom is 0.255 e. The number of benzene rings is 2. The van der Waals surface area contributed by atoms with Gasteiger partial charge in [0.05, 0.1) is 11.1 Å². The Morgan fingerprint density at radius 2 is 1.76 bits per heavy atom. The third-order valence-corrected chi connectivity index (χ3v) is 3.61. The molecule has 0 spiro atoms. The zero-order valence-corrected chi connectivity index (χ0v) is 11.6. The molecule has 3 aromatic rings. The van der Waals surface area contributed by atoms with E-state index in [2.05, 4.69) is 14.9 Å². The number of nitrogens with one attached hydrogen (secondary N) is 1. The monoisotopic (exact) mass is 299 g/mol. The maximum absolute atomic E-state index is 12.8. The van der Waals surface area contributed by atoms with Crippen molar-refractivity contribution in [1.82, 2.24) is 9.59 Å². The number of halogens is 1. The average Bonchev–Trinajstić information content (AvgIpc) is 3.03. The lowest BCUT2D eigenvalue weighted by atomic mass is 10.1. The molecule has 0 aliphatic heterocycles. The van der Waals surface area contributed by atoms with Gasteiger partial charge in [-0.25, -0.2) is 4.39 Å². The van der Waals surface area contributed by atoms with Gasteiger partial charge in [-0.1, -0.05) is 16.6 Å². The molecule has 3 rings (SSSR count). The van der Waals surface area contributed by atoms with Gasteiger partial charge in [0.25, 0.3) is 5.91 Å². The third kappa shape index (κ3) is 3.11. The van der Waals surface area contributed by atoms with Crippen LogP contribution in [-0.4, -0.2) is 15.5 Å². The number of nitrogens with zero attached hydrogens (tertiary/aromatic N) is 2. The lowest BCUT2D eigenvalue weighted by Gasteiger charge is -2.06. The molecule has 0 unspecified atom stereocenters. The van der Waals surface area contributed by atoms with Crippen LogP contribution in [0, 0.1) is 5.82 Å². The van der Waals surface area contributed by atoms with Crippen LogP contribution in [0.15, 0.2) is 54.7 Å². The number of aromatic nitrogens is 2. The van der Waals surface area contributed by atoms with Gasteiger partial charge in [-0.3, -0.25) is 4.79 Å². The molecular formula is C15H10FN3OS. The normalized spacial score (nSPS) is 10.3. The number of amides is 1. The van der Waals surface area contributed by atoms with Gasteiger partial charge in [-0.05, 0) is 53.5 Å².